The lowest BCUT2D eigenvalue weighted by Gasteiger charge is -2.15. The average molecular weight is 298 g/mol. The molecule has 0 aromatic carbocycles. The molecule has 124 valence electrons. The zero-order chi connectivity index (χ0) is 16.3. The highest BCUT2D eigenvalue weighted by molar-refractivity contribution is 5.79. The summed E-state index contributed by atoms with van der Waals surface area (Å²) in [6.07, 6.45) is 4.83. The van der Waals surface area contributed by atoms with Gasteiger partial charge in [0.25, 0.3) is 0 Å². The van der Waals surface area contributed by atoms with Crippen molar-refractivity contribution in [3.8, 4) is 0 Å². The van der Waals surface area contributed by atoms with Crippen molar-refractivity contribution < 1.29 is 4.79 Å². The second kappa shape index (κ2) is 11.4. The van der Waals surface area contributed by atoms with Crippen LogP contribution in [0.2, 0.25) is 0 Å². The maximum Gasteiger partial charge on any atom is 0.222 e. The lowest BCUT2D eigenvalue weighted by atomic mass is 10.0. The molecule has 0 aromatic heterocycles. The highest BCUT2D eigenvalue weighted by Crippen LogP contribution is 2.07. The van der Waals surface area contributed by atoms with E-state index in [0.29, 0.717) is 25.0 Å². The lowest BCUT2D eigenvalue weighted by molar-refractivity contribution is -0.121. The van der Waals surface area contributed by atoms with Crippen LogP contribution in [0.25, 0.3) is 0 Å². The minimum Gasteiger partial charge on any atom is -0.370 e. The molecular weight excluding hydrogens is 264 g/mol. The van der Waals surface area contributed by atoms with Gasteiger partial charge in [0.1, 0.15) is 0 Å². The summed E-state index contributed by atoms with van der Waals surface area (Å²) in [5.41, 5.74) is 5.83. The lowest BCUT2D eigenvalue weighted by Crippen LogP contribution is -2.38. The molecule has 0 saturated carbocycles. The Labute approximate surface area is 130 Å². The van der Waals surface area contributed by atoms with Gasteiger partial charge < -0.3 is 16.4 Å². The smallest absolute Gasteiger partial charge is 0.222 e. The van der Waals surface area contributed by atoms with E-state index < -0.39 is 0 Å². The van der Waals surface area contributed by atoms with E-state index >= 15 is 0 Å². The molecular formula is C16H34N4O. The van der Waals surface area contributed by atoms with Crippen molar-refractivity contribution >= 4 is 11.9 Å². The molecule has 2 unspecified atom stereocenters. The number of nitrogens with two attached hydrogens (primary N) is 1. The van der Waals surface area contributed by atoms with Gasteiger partial charge >= 0.3 is 0 Å². The Morgan fingerprint density at radius 1 is 1.10 bits per heavy atom. The molecule has 0 radical (unpaired) electrons. The summed E-state index contributed by atoms with van der Waals surface area (Å²) in [5, 5.41) is 6.09. The minimum absolute atomic E-state index is 0.0332. The molecule has 0 rings (SSSR count). The fraction of sp³-hybridized carbons (Fsp3) is 0.875. The molecule has 0 aliphatic heterocycles. The summed E-state index contributed by atoms with van der Waals surface area (Å²) >= 11 is 0. The van der Waals surface area contributed by atoms with Gasteiger partial charge in [0.15, 0.2) is 5.96 Å². The predicted octanol–water partition coefficient (Wildman–Crippen LogP) is 2.41. The van der Waals surface area contributed by atoms with Crippen LogP contribution in [-0.4, -0.2) is 30.5 Å². The molecule has 0 saturated heterocycles. The van der Waals surface area contributed by atoms with Gasteiger partial charge in [-0.25, -0.2) is 0 Å². The second-order valence-corrected chi connectivity index (χ2v) is 6.26. The standard InChI is InChI=1S/C16H34N4O/c1-6-13(4)19-15(21)10-11-18-16(17)20-14(5)9-7-8-12(2)3/h12-14H,6-11H2,1-5H3,(H,19,21)(H3,17,18,20). The van der Waals surface area contributed by atoms with Gasteiger partial charge in [0, 0.05) is 18.5 Å². The van der Waals surface area contributed by atoms with Crippen LogP contribution in [0.15, 0.2) is 4.99 Å². The summed E-state index contributed by atoms with van der Waals surface area (Å²) in [6.45, 7) is 11.1. The van der Waals surface area contributed by atoms with Gasteiger partial charge in [-0.2, -0.15) is 0 Å². The van der Waals surface area contributed by atoms with Gasteiger partial charge in [-0.05, 0) is 32.6 Å². The SMILES string of the molecule is CCC(C)NC(=O)CCN=C(N)NC(C)CCCC(C)C. The first-order valence-electron chi connectivity index (χ1n) is 8.20. The molecule has 0 aliphatic rings. The van der Waals surface area contributed by atoms with Crippen LogP contribution in [0.1, 0.15) is 66.7 Å². The summed E-state index contributed by atoms with van der Waals surface area (Å²) in [7, 11) is 0. The van der Waals surface area contributed by atoms with Gasteiger partial charge in [-0.3, -0.25) is 9.79 Å². The Bertz CT molecular complexity index is 315. The summed E-state index contributed by atoms with van der Waals surface area (Å²) < 4.78 is 0. The Balaban J connectivity index is 3.84. The number of nitrogens with one attached hydrogen (secondary N) is 2. The topological polar surface area (TPSA) is 79.5 Å². The minimum atomic E-state index is 0.0332. The van der Waals surface area contributed by atoms with Gasteiger partial charge in [-0.15, -0.1) is 0 Å². The number of guanidine groups is 1. The first-order chi connectivity index (χ1) is 9.85. The zero-order valence-electron chi connectivity index (χ0n) is 14.4. The summed E-state index contributed by atoms with van der Waals surface area (Å²) in [4.78, 5) is 15.8. The third-order valence-corrected chi connectivity index (χ3v) is 3.45. The van der Waals surface area contributed by atoms with Crippen molar-refractivity contribution in [2.75, 3.05) is 6.54 Å². The molecule has 0 aromatic rings. The molecule has 2 atom stereocenters. The number of carbonyl (C=O) groups is 1. The van der Waals surface area contributed by atoms with E-state index in [1.165, 1.54) is 12.8 Å². The molecule has 0 spiro atoms. The molecule has 0 heterocycles. The van der Waals surface area contributed by atoms with Crippen LogP contribution in [0, 0.1) is 5.92 Å². The molecule has 0 bridgehead atoms. The van der Waals surface area contributed by atoms with Gasteiger partial charge in [0.2, 0.25) is 5.91 Å². The Hall–Kier alpha value is -1.26. The number of hydrogen-bond donors (Lipinski definition) is 3. The zero-order valence-corrected chi connectivity index (χ0v) is 14.4. The van der Waals surface area contributed by atoms with E-state index in [1.807, 2.05) is 13.8 Å². The van der Waals surface area contributed by atoms with Crippen LogP contribution in [0.4, 0.5) is 0 Å². The highest BCUT2D eigenvalue weighted by Gasteiger charge is 2.06. The van der Waals surface area contributed by atoms with Crippen LogP contribution in [0.5, 0.6) is 0 Å². The van der Waals surface area contributed by atoms with Crippen molar-refractivity contribution in [2.45, 2.75) is 78.8 Å². The monoisotopic (exact) mass is 298 g/mol. The Kier molecular flexibility index (Phi) is 10.7. The Morgan fingerprint density at radius 3 is 2.33 bits per heavy atom. The van der Waals surface area contributed by atoms with Crippen molar-refractivity contribution in [1.29, 1.82) is 0 Å². The largest absolute Gasteiger partial charge is 0.370 e. The summed E-state index contributed by atoms with van der Waals surface area (Å²) in [6, 6.07) is 0.541. The predicted molar refractivity (Wildman–Crippen MR) is 90.3 cm³/mol. The molecule has 1 amide bonds. The molecule has 0 fully saturated rings. The number of hydrogen-bond acceptors (Lipinski definition) is 2. The van der Waals surface area contributed by atoms with Crippen molar-refractivity contribution in [3.05, 3.63) is 0 Å². The number of rotatable bonds is 10. The van der Waals surface area contributed by atoms with Crippen LogP contribution < -0.4 is 16.4 Å². The third kappa shape index (κ3) is 12.2. The highest BCUT2D eigenvalue weighted by atomic mass is 16.1. The molecule has 5 nitrogen and oxygen atoms in total. The number of carbonyl (C=O) groups excluding carboxylic acids is 1. The molecule has 0 aliphatic carbocycles. The fourth-order valence-corrected chi connectivity index (χ4v) is 1.93. The van der Waals surface area contributed by atoms with E-state index in [2.05, 4.69) is 36.4 Å². The fourth-order valence-electron chi connectivity index (χ4n) is 1.93. The maximum atomic E-state index is 11.6. The van der Waals surface area contributed by atoms with Crippen molar-refractivity contribution in [3.63, 3.8) is 0 Å². The molecule has 5 heteroatoms. The quantitative estimate of drug-likeness (QED) is 0.428. The summed E-state index contributed by atoms with van der Waals surface area (Å²) in [5.74, 6) is 1.21. The van der Waals surface area contributed by atoms with E-state index in [0.717, 1.165) is 18.8 Å². The first-order valence-corrected chi connectivity index (χ1v) is 8.20. The van der Waals surface area contributed by atoms with Crippen LogP contribution in [0.3, 0.4) is 0 Å². The first kappa shape index (κ1) is 19.7. The van der Waals surface area contributed by atoms with Gasteiger partial charge in [0.05, 0.1) is 6.54 Å². The molecule has 4 N–H and O–H groups in total. The second-order valence-electron chi connectivity index (χ2n) is 6.26. The van der Waals surface area contributed by atoms with E-state index in [9.17, 15) is 4.79 Å². The van der Waals surface area contributed by atoms with Crippen LogP contribution >= 0.6 is 0 Å². The average Bonchev–Trinajstić information content (AvgIpc) is 2.37. The maximum absolute atomic E-state index is 11.6. The third-order valence-electron chi connectivity index (χ3n) is 3.45. The Morgan fingerprint density at radius 2 is 1.76 bits per heavy atom. The number of aliphatic imine (C=N–C) groups is 1. The van der Waals surface area contributed by atoms with E-state index in [1.54, 1.807) is 0 Å². The van der Waals surface area contributed by atoms with Gasteiger partial charge in [-0.1, -0.05) is 33.6 Å². The van der Waals surface area contributed by atoms with Crippen molar-refractivity contribution in [1.82, 2.24) is 10.6 Å². The number of amides is 1. The van der Waals surface area contributed by atoms with Crippen LogP contribution in [-0.2, 0) is 4.79 Å². The van der Waals surface area contributed by atoms with E-state index in [4.69, 9.17) is 5.73 Å². The normalized spacial score (nSPS) is 14.9. The molecule has 21 heavy (non-hydrogen) atoms. The van der Waals surface area contributed by atoms with Crippen molar-refractivity contribution in [2.24, 2.45) is 16.6 Å². The van der Waals surface area contributed by atoms with E-state index in [-0.39, 0.29) is 11.9 Å². The number of nitrogens with zero attached hydrogens (tertiary/aromatic N) is 1.